The average molecular weight is 332 g/mol. The lowest BCUT2D eigenvalue weighted by Crippen LogP contribution is -2.28. The van der Waals surface area contributed by atoms with Gasteiger partial charge in [-0.1, -0.05) is 6.07 Å². The molecule has 0 spiro atoms. The minimum Gasteiger partial charge on any atom is -0.489 e. The van der Waals surface area contributed by atoms with Crippen LogP contribution in [0.5, 0.6) is 5.75 Å². The van der Waals surface area contributed by atoms with Gasteiger partial charge in [0.1, 0.15) is 12.4 Å². The molecule has 0 atom stereocenters. The molecular weight excluding hydrogens is 312 g/mol. The van der Waals surface area contributed by atoms with E-state index in [2.05, 4.69) is 9.62 Å². The molecule has 122 valence electrons. The molecule has 0 radical (unpaired) electrons. The highest BCUT2D eigenvalue weighted by atomic mass is 32.2. The number of sulfonamides is 1. The molecule has 2 aromatic rings. The summed E-state index contributed by atoms with van der Waals surface area (Å²) in [6.07, 6.45) is 0. The zero-order valence-electron chi connectivity index (χ0n) is 13.5. The van der Waals surface area contributed by atoms with Crippen molar-refractivity contribution >= 4 is 21.4 Å². The Morgan fingerprint density at radius 3 is 2.61 bits per heavy atom. The highest BCUT2D eigenvalue weighted by molar-refractivity contribution is 7.92. The molecule has 0 saturated heterocycles. The first-order valence-corrected chi connectivity index (χ1v) is 8.93. The van der Waals surface area contributed by atoms with Gasteiger partial charge in [0.15, 0.2) is 0 Å². The SMILES string of the molecule is Cc1ccc(S(=O)(=O)Nc2ccc3c(c2)OCCN3C)cc1C. The summed E-state index contributed by atoms with van der Waals surface area (Å²) in [4.78, 5) is 2.34. The number of hydrogen-bond donors (Lipinski definition) is 1. The summed E-state index contributed by atoms with van der Waals surface area (Å²) in [5, 5.41) is 0. The lowest BCUT2D eigenvalue weighted by Gasteiger charge is -2.28. The van der Waals surface area contributed by atoms with Gasteiger partial charge in [0, 0.05) is 13.1 Å². The molecule has 5 nitrogen and oxygen atoms in total. The van der Waals surface area contributed by atoms with Gasteiger partial charge < -0.3 is 9.64 Å². The predicted octanol–water partition coefficient (Wildman–Crippen LogP) is 2.93. The smallest absolute Gasteiger partial charge is 0.261 e. The second-order valence-corrected chi connectivity index (χ2v) is 7.49. The lowest BCUT2D eigenvalue weighted by atomic mass is 10.1. The maximum atomic E-state index is 12.5. The van der Waals surface area contributed by atoms with Crippen LogP contribution in [0.2, 0.25) is 0 Å². The van der Waals surface area contributed by atoms with Gasteiger partial charge in [-0.3, -0.25) is 4.72 Å². The number of likely N-dealkylation sites (N-methyl/N-ethyl adjacent to an activating group) is 1. The zero-order valence-corrected chi connectivity index (χ0v) is 14.3. The molecule has 1 N–H and O–H groups in total. The molecular formula is C17H20N2O3S. The second-order valence-electron chi connectivity index (χ2n) is 5.80. The largest absolute Gasteiger partial charge is 0.489 e. The van der Waals surface area contributed by atoms with Crippen molar-refractivity contribution in [3.05, 3.63) is 47.5 Å². The average Bonchev–Trinajstić information content (AvgIpc) is 2.49. The van der Waals surface area contributed by atoms with E-state index >= 15 is 0 Å². The topological polar surface area (TPSA) is 58.6 Å². The second kappa shape index (κ2) is 5.77. The van der Waals surface area contributed by atoms with Crippen molar-refractivity contribution in [2.75, 3.05) is 29.8 Å². The van der Waals surface area contributed by atoms with Crippen LogP contribution in [0.25, 0.3) is 0 Å². The number of nitrogens with zero attached hydrogens (tertiary/aromatic N) is 1. The summed E-state index contributed by atoms with van der Waals surface area (Å²) in [6, 6.07) is 10.5. The van der Waals surface area contributed by atoms with E-state index in [-0.39, 0.29) is 4.90 Å². The van der Waals surface area contributed by atoms with Gasteiger partial charge in [-0.05, 0) is 49.2 Å². The quantitative estimate of drug-likeness (QED) is 0.939. The molecule has 3 rings (SSSR count). The molecule has 0 aromatic heterocycles. The Balaban J connectivity index is 1.90. The van der Waals surface area contributed by atoms with Crippen LogP contribution in [0.3, 0.4) is 0 Å². The van der Waals surface area contributed by atoms with E-state index in [1.54, 1.807) is 24.3 Å². The van der Waals surface area contributed by atoms with Gasteiger partial charge in [0.25, 0.3) is 10.0 Å². The Bertz CT molecular complexity index is 847. The summed E-state index contributed by atoms with van der Waals surface area (Å²) >= 11 is 0. The highest BCUT2D eigenvalue weighted by Crippen LogP contribution is 2.33. The number of hydrogen-bond acceptors (Lipinski definition) is 4. The van der Waals surface area contributed by atoms with Crippen LogP contribution in [0.15, 0.2) is 41.3 Å². The van der Waals surface area contributed by atoms with Crippen molar-refractivity contribution in [3.63, 3.8) is 0 Å². The molecule has 0 aliphatic carbocycles. The minimum atomic E-state index is -3.61. The van der Waals surface area contributed by atoms with Crippen molar-refractivity contribution in [1.82, 2.24) is 0 Å². The summed E-state index contributed by atoms with van der Waals surface area (Å²) in [5.41, 5.74) is 3.47. The lowest BCUT2D eigenvalue weighted by molar-refractivity contribution is 0.311. The van der Waals surface area contributed by atoms with E-state index in [0.29, 0.717) is 18.0 Å². The zero-order chi connectivity index (χ0) is 16.6. The molecule has 1 aliphatic rings. The molecule has 6 heteroatoms. The van der Waals surface area contributed by atoms with Crippen LogP contribution >= 0.6 is 0 Å². The van der Waals surface area contributed by atoms with Crippen molar-refractivity contribution in [2.45, 2.75) is 18.7 Å². The van der Waals surface area contributed by atoms with Gasteiger partial charge in [0.2, 0.25) is 0 Å². The summed E-state index contributed by atoms with van der Waals surface area (Å²) in [6.45, 7) is 5.27. The van der Waals surface area contributed by atoms with E-state index in [1.807, 2.05) is 33.0 Å². The number of rotatable bonds is 3. The van der Waals surface area contributed by atoms with Crippen LogP contribution < -0.4 is 14.4 Å². The fourth-order valence-corrected chi connectivity index (χ4v) is 3.65. The van der Waals surface area contributed by atoms with Gasteiger partial charge in [-0.15, -0.1) is 0 Å². The molecule has 1 aliphatic heterocycles. The number of benzene rings is 2. The number of nitrogens with one attached hydrogen (secondary N) is 1. The molecule has 0 fully saturated rings. The van der Waals surface area contributed by atoms with E-state index < -0.39 is 10.0 Å². The van der Waals surface area contributed by atoms with Crippen LogP contribution in [0.4, 0.5) is 11.4 Å². The van der Waals surface area contributed by atoms with Crippen molar-refractivity contribution < 1.29 is 13.2 Å². The predicted molar refractivity (Wildman–Crippen MR) is 91.9 cm³/mol. The van der Waals surface area contributed by atoms with Gasteiger partial charge >= 0.3 is 0 Å². The Labute approximate surface area is 136 Å². The van der Waals surface area contributed by atoms with Crippen LogP contribution in [0, 0.1) is 13.8 Å². The number of fused-ring (bicyclic) bond motifs is 1. The molecule has 1 heterocycles. The molecule has 23 heavy (non-hydrogen) atoms. The van der Waals surface area contributed by atoms with E-state index in [4.69, 9.17) is 4.74 Å². The van der Waals surface area contributed by atoms with Gasteiger partial charge in [-0.2, -0.15) is 0 Å². The Kier molecular flexibility index (Phi) is 3.93. The number of aryl methyl sites for hydroxylation is 2. The summed E-state index contributed by atoms with van der Waals surface area (Å²) < 4.78 is 33.3. The van der Waals surface area contributed by atoms with Crippen LogP contribution in [0.1, 0.15) is 11.1 Å². The van der Waals surface area contributed by atoms with E-state index in [9.17, 15) is 8.42 Å². The Morgan fingerprint density at radius 1 is 1.09 bits per heavy atom. The van der Waals surface area contributed by atoms with Crippen LogP contribution in [-0.2, 0) is 10.0 Å². The minimum absolute atomic E-state index is 0.261. The molecule has 0 saturated carbocycles. The number of ether oxygens (including phenoxy) is 1. The van der Waals surface area contributed by atoms with E-state index in [0.717, 1.165) is 23.4 Å². The third-order valence-electron chi connectivity index (χ3n) is 4.10. The monoisotopic (exact) mass is 332 g/mol. The first kappa shape index (κ1) is 15.7. The summed E-state index contributed by atoms with van der Waals surface area (Å²) in [7, 11) is -1.63. The third-order valence-corrected chi connectivity index (χ3v) is 5.48. The molecule has 0 amide bonds. The fourth-order valence-electron chi connectivity index (χ4n) is 2.52. The molecule has 0 unspecified atom stereocenters. The van der Waals surface area contributed by atoms with Crippen molar-refractivity contribution in [3.8, 4) is 5.75 Å². The number of anilines is 2. The third kappa shape index (κ3) is 3.12. The molecule has 2 aromatic carbocycles. The first-order chi connectivity index (χ1) is 10.9. The van der Waals surface area contributed by atoms with Crippen LogP contribution in [-0.4, -0.2) is 28.6 Å². The highest BCUT2D eigenvalue weighted by Gasteiger charge is 2.18. The fraction of sp³-hybridized carbons (Fsp3) is 0.294. The van der Waals surface area contributed by atoms with E-state index in [1.165, 1.54) is 0 Å². The maximum absolute atomic E-state index is 12.5. The van der Waals surface area contributed by atoms with Crippen molar-refractivity contribution in [2.24, 2.45) is 0 Å². The van der Waals surface area contributed by atoms with Gasteiger partial charge in [-0.25, -0.2) is 8.42 Å². The van der Waals surface area contributed by atoms with Crippen molar-refractivity contribution in [1.29, 1.82) is 0 Å². The Morgan fingerprint density at radius 2 is 1.87 bits per heavy atom. The normalized spacial score (nSPS) is 14.1. The summed E-state index contributed by atoms with van der Waals surface area (Å²) in [5.74, 6) is 0.694. The standard InChI is InChI=1S/C17H20N2O3S/c1-12-4-6-15(10-13(12)2)23(20,21)18-14-5-7-16-17(11-14)22-9-8-19(16)3/h4-7,10-11,18H,8-9H2,1-3H3. The molecule has 0 bridgehead atoms. The van der Waals surface area contributed by atoms with Gasteiger partial charge in [0.05, 0.1) is 22.8 Å². The Hall–Kier alpha value is -2.21. The maximum Gasteiger partial charge on any atom is 0.261 e. The first-order valence-electron chi connectivity index (χ1n) is 7.45.